The Hall–Kier alpha value is -0.775. The third kappa shape index (κ3) is 1.69. The average Bonchev–Trinajstić information content (AvgIpc) is 2.30. The highest BCUT2D eigenvalue weighted by Gasteiger charge is 2.30. The summed E-state index contributed by atoms with van der Waals surface area (Å²) in [7, 11) is 0. The molecule has 1 heterocycles. The van der Waals surface area contributed by atoms with Gasteiger partial charge in [0.25, 0.3) is 0 Å². The van der Waals surface area contributed by atoms with Crippen molar-refractivity contribution < 1.29 is 17.7 Å². The maximum absolute atomic E-state index is 12.2. The van der Waals surface area contributed by atoms with Crippen LogP contribution in [-0.2, 0) is 0 Å². The Morgan fingerprint density at radius 1 is 1.50 bits per heavy atom. The van der Waals surface area contributed by atoms with E-state index in [9.17, 15) is 17.7 Å². The predicted octanol–water partition coefficient (Wildman–Crippen LogP) is 2.01. The molecule has 0 spiro atoms. The van der Waals surface area contributed by atoms with Gasteiger partial charge in [0.2, 0.25) is 0 Å². The lowest BCUT2D eigenvalue weighted by Crippen LogP contribution is -2.36. The van der Waals surface area contributed by atoms with Gasteiger partial charge in [-0.1, -0.05) is 11.5 Å². The number of thiophene rings is 1. The Morgan fingerprint density at radius 2 is 2.08 bits per heavy atom. The third-order valence-electron chi connectivity index (χ3n) is 1.37. The van der Waals surface area contributed by atoms with E-state index in [1.54, 1.807) is 0 Å². The molecule has 0 unspecified atom stereocenters. The third-order valence-corrected chi connectivity index (χ3v) is 2.40. The molecule has 0 saturated heterocycles. The minimum Gasteiger partial charge on any atom is -0.445 e. The van der Waals surface area contributed by atoms with Crippen LogP contribution in [0.4, 0.5) is 12.9 Å². The Balaban J connectivity index is 3.17. The van der Waals surface area contributed by atoms with Crippen LogP contribution < -0.4 is 5.46 Å². The topological polar surface area (TPSA) is 17.1 Å². The van der Waals surface area contributed by atoms with Crippen molar-refractivity contribution in [2.75, 3.05) is 0 Å². The van der Waals surface area contributed by atoms with E-state index in [-0.39, 0.29) is 4.88 Å². The summed E-state index contributed by atoms with van der Waals surface area (Å²) in [5, 5.41) is 1.28. The Bertz CT molecular complexity index is 304. The molecule has 0 radical (unpaired) electrons. The van der Waals surface area contributed by atoms with Crippen LogP contribution in [-0.4, -0.2) is 12.8 Å². The quantitative estimate of drug-likeness (QED) is 0.518. The van der Waals surface area contributed by atoms with Gasteiger partial charge in [0.05, 0.1) is 0 Å². The van der Waals surface area contributed by atoms with Crippen molar-refractivity contribution >= 4 is 29.6 Å². The Kier molecular flexibility index (Phi) is 2.28. The number of hydrogen-bond acceptors (Lipinski definition) is 2. The Morgan fingerprint density at radius 3 is 2.42 bits per heavy atom. The molecule has 6 heteroatoms. The van der Waals surface area contributed by atoms with E-state index in [2.05, 4.69) is 0 Å². The van der Waals surface area contributed by atoms with Gasteiger partial charge in [0.1, 0.15) is 0 Å². The van der Waals surface area contributed by atoms with E-state index >= 15 is 0 Å². The summed E-state index contributed by atoms with van der Waals surface area (Å²) in [5.41, 5.74) is -0.771. The van der Waals surface area contributed by atoms with E-state index in [1.807, 2.05) is 0 Å². The molecule has 1 aromatic heterocycles. The molecule has 0 N–H and O–H groups in total. The first-order valence-electron chi connectivity index (χ1n) is 3.21. The average molecular weight is 193 g/mol. The van der Waals surface area contributed by atoms with Gasteiger partial charge in [-0.25, -0.2) is 0 Å². The van der Waals surface area contributed by atoms with Gasteiger partial charge >= 0.3 is 6.98 Å². The zero-order valence-corrected chi connectivity index (χ0v) is 7.00. The monoisotopic (exact) mass is 193 g/mol. The standard InChI is InChI=1S/C6H5BF3OS/c1-4(11)6-5(2-3-12-6)7(8,9)10/h2-3H,1H3/q-1. The van der Waals surface area contributed by atoms with Crippen molar-refractivity contribution in [3.63, 3.8) is 0 Å². The molecule has 0 saturated carbocycles. The number of halogens is 3. The van der Waals surface area contributed by atoms with Gasteiger partial charge in [0.15, 0.2) is 5.78 Å². The lowest BCUT2D eigenvalue weighted by Gasteiger charge is -2.13. The molecule has 0 aliphatic heterocycles. The SMILES string of the molecule is CC(=O)c1sccc1[B-](F)(F)F. The second-order valence-corrected chi connectivity index (χ2v) is 3.25. The highest BCUT2D eigenvalue weighted by Crippen LogP contribution is 2.16. The highest BCUT2D eigenvalue weighted by molar-refractivity contribution is 7.14. The van der Waals surface area contributed by atoms with Crippen molar-refractivity contribution in [2.45, 2.75) is 6.92 Å². The predicted molar refractivity (Wildman–Crippen MR) is 43.0 cm³/mol. The van der Waals surface area contributed by atoms with Gasteiger partial charge in [0, 0.05) is 4.88 Å². The van der Waals surface area contributed by atoms with Gasteiger partial charge in [-0.3, -0.25) is 4.79 Å². The van der Waals surface area contributed by atoms with Crippen molar-refractivity contribution in [1.29, 1.82) is 0 Å². The summed E-state index contributed by atoms with van der Waals surface area (Å²) < 4.78 is 36.5. The van der Waals surface area contributed by atoms with E-state index in [1.165, 1.54) is 5.38 Å². The van der Waals surface area contributed by atoms with Crippen molar-refractivity contribution in [3.8, 4) is 0 Å². The molecule has 0 aliphatic rings. The minimum atomic E-state index is -5.04. The first kappa shape index (κ1) is 9.31. The number of carbonyl (C=O) groups excluding carboxylic acids is 1. The number of Topliss-reactive ketones (excluding diaryl/α,β-unsaturated/α-hetero) is 1. The molecule has 12 heavy (non-hydrogen) atoms. The second-order valence-electron chi connectivity index (χ2n) is 2.34. The first-order valence-corrected chi connectivity index (χ1v) is 4.09. The molecule has 1 aromatic rings. The van der Waals surface area contributed by atoms with Crippen LogP contribution in [0.3, 0.4) is 0 Å². The normalized spacial score (nSPS) is 11.7. The van der Waals surface area contributed by atoms with Crippen LogP contribution in [0.1, 0.15) is 16.6 Å². The summed E-state index contributed by atoms with van der Waals surface area (Å²) in [4.78, 5) is 10.5. The number of hydrogen-bond donors (Lipinski definition) is 0. The number of ketones is 1. The van der Waals surface area contributed by atoms with E-state index in [0.717, 1.165) is 24.3 Å². The van der Waals surface area contributed by atoms with Crippen molar-refractivity contribution in [1.82, 2.24) is 0 Å². The van der Waals surface area contributed by atoms with Gasteiger partial charge in [-0.2, -0.15) is 0 Å². The molecule has 0 aromatic carbocycles. The van der Waals surface area contributed by atoms with Crippen LogP contribution in [0.25, 0.3) is 0 Å². The molecule has 1 rings (SSSR count). The lowest BCUT2D eigenvalue weighted by molar-refractivity contribution is 0.102. The minimum absolute atomic E-state index is 0.192. The molecule has 0 atom stereocenters. The Labute approximate surface area is 71.3 Å². The molecule has 66 valence electrons. The molecule has 0 aliphatic carbocycles. The number of rotatable bonds is 2. The van der Waals surface area contributed by atoms with Crippen LogP contribution in [0.15, 0.2) is 11.4 Å². The summed E-state index contributed by atoms with van der Waals surface area (Å²) in [6.45, 7) is -3.90. The maximum Gasteiger partial charge on any atom is 0.511 e. The number of carbonyl (C=O) groups is 1. The smallest absolute Gasteiger partial charge is 0.445 e. The maximum atomic E-state index is 12.2. The molecule has 1 nitrogen and oxygen atoms in total. The molecule has 0 fully saturated rings. The molecule has 0 amide bonds. The van der Waals surface area contributed by atoms with Gasteiger partial charge in [-0.15, -0.1) is 11.3 Å². The largest absolute Gasteiger partial charge is 0.511 e. The van der Waals surface area contributed by atoms with Crippen LogP contribution in [0.2, 0.25) is 0 Å². The zero-order chi connectivity index (χ0) is 9.35. The summed E-state index contributed by atoms with van der Waals surface area (Å²) in [6.07, 6.45) is 0. The van der Waals surface area contributed by atoms with E-state index in [0.29, 0.717) is 0 Å². The van der Waals surface area contributed by atoms with Gasteiger partial charge in [-0.05, 0) is 12.3 Å². The van der Waals surface area contributed by atoms with Crippen LogP contribution in [0.5, 0.6) is 0 Å². The first-order chi connectivity index (χ1) is 5.43. The molecule has 0 bridgehead atoms. The van der Waals surface area contributed by atoms with E-state index < -0.39 is 18.2 Å². The fourth-order valence-corrected chi connectivity index (χ4v) is 1.72. The van der Waals surface area contributed by atoms with Crippen molar-refractivity contribution in [3.05, 3.63) is 16.3 Å². The lowest BCUT2D eigenvalue weighted by atomic mass is 9.80. The van der Waals surface area contributed by atoms with Crippen molar-refractivity contribution in [2.24, 2.45) is 0 Å². The molecular weight excluding hydrogens is 188 g/mol. The fourth-order valence-electron chi connectivity index (χ4n) is 0.863. The van der Waals surface area contributed by atoms with Crippen LogP contribution >= 0.6 is 11.3 Å². The fraction of sp³-hybridized carbons (Fsp3) is 0.167. The highest BCUT2D eigenvalue weighted by atomic mass is 32.1. The zero-order valence-electron chi connectivity index (χ0n) is 6.18. The summed E-state index contributed by atoms with van der Waals surface area (Å²) in [5.74, 6) is -0.529. The second kappa shape index (κ2) is 2.93. The molecular formula is C6H5BF3OS-. The van der Waals surface area contributed by atoms with E-state index in [4.69, 9.17) is 0 Å². The summed E-state index contributed by atoms with van der Waals surface area (Å²) in [6, 6.07) is 0.946. The van der Waals surface area contributed by atoms with Crippen LogP contribution in [0, 0.1) is 0 Å². The van der Waals surface area contributed by atoms with Gasteiger partial charge < -0.3 is 12.9 Å². The summed E-state index contributed by atoms with van der Waals surface area (Å²) >= 11 is 0.831.